The molecule has 1 aromatic carbocycles. The monoisotopic (exact) mass is 349 g/mol. The molecule has 1 heterocycles. The SMILES string of the molecule is NC(CO)c1cncn1-c1ccc(Br)c(Cl)c1Cl. The number of hydrogen-bond acceptors (Lipinski definition) is 3. The number of hydrogen-bond donors (Lipinski definition) is 2. The molecule has 7 heteroatoms. The van der Waals surface area contributed by atoms with Crippen LogP contribution in [-0.4, -0.2) is 21.3 Å². The maximum atomic E-state index is 9.11. The van der Waals surface area contributed by atoms with Crippen LogP contribution in [0.5, 0.6) is 0 Å². The Hall–Kier alpha value is -0.590. The zero-order chi connectivity index (χ0) is 13.3. The van der Waals surface area contributed by atoms with Crippen molar-refractivity contribution >= 4 is 39.1 Å². The van der Waals surface area contributed by atoms with Gasteiger partial charge in [0.15, 0.2) is 0 Å². The van der Waals surface area contributed by atoms with Gasteiger partial charge in [-0.05, 0) is 28.1 Å². The van der Waals surface area contributed by atoms with Gasteiger partial charge in [0.05, 0.1) is 46.6 Å². The average Bonchev–Trinajstić information content (AvgIpc) is 2.84. The van der Waals surface area contributed by atoms with Gasteiger partial charge in [-0.2, -0.15) is 0 Å². The molecule has 0 spiro atoms. The smallest absolute Gasteiger partial charge is 0.0995 e. The van der Waals surface area contributed by atoms with E-state index in [1.54, 1.807) is 29.2 Å². The third kappa shape index (κ3) is 2.41. The van der Waals surface area contributed by atoms with Crippen LogP contribution in [0.25, 0.3) is 5.69 Å². The third-order valence-corrected chi connectivity index (χ3v) is 4.28. The summed E-state index contributed by atoms with van der Waals surface area (Å²) in [5.41, 5.74) is 7.13. The summed E-state index contributed by atoms with van der Waals surface area (Å²) in [6.45, 7) is -0.173. The molecule has 0 radical (unpaired) electrons. The van der Waals surface area contributed by atoms with Crippen molar-refractivity contribution in [1.29, 1.82) is 0 Å². The van der Waals surface area contributed by atoms with Crippen molar-refractivity contribution in [3.05, 3.63) is 44.9 Å². The lowest BCUT2D eigenvalue weighted by Gasteiger charge is -2.14. The number of halogens is 3. The molecule has 0 aliphatic heterocycles. The fraction of sp³-hybridized carbons (Fsp3) is 0.182. The van der Waals surface area contributed by atoms with E-state index in [-0.39, 0.29) is 6.61 Å². The summed E-state index contributed by atoms with van der Waals surface area (Å²) < 4.78 is 2.42. The van der Waals surface area contributed by atoms with Crippen molar-refractivity contribution in [1.82, 2.24) is 9.55 Å². The van der Waals surface area contributed by atoms with Crippen LogP contribution in [0.2, 0.25) is 10.0 Å². The molecule has 0 bridgehead atoms. The van der Waals surface area contributed by atoms with E-state index in [1.165, 1.54) is 0 Å². The van der Waals surface area contributed by atoms with E-state index in [1.807, 2.05) is 0 Å². The van der Waals surface area contributed by atoms with Gasteiger partial charge in [0.2, 0.25) is 0 Å². The number of aromatic nitrogens is 2. The minimum atomic E-state index is -0.522. The number of aliphatic hydroxyl groups excluding tert-OH is 1. The second-order valence-electron chi connectivity index (χ2n) is 3.67. The van der Waals surface area contributed by atoms with Gasteiger partial charge in [0, 0.05) is 4.47 Å². The highest BCUT2D eigenvalue weighted by molar-refractivity contribution is 9.10. The van der Waals surface area contributed by atoms with Gasteiger partial charge in [0.1, 0.15) is 0 Å². The molecule has 0 aliphatic rings. The van der Waals surface area contributed by atoms with Crippen molar-refractivity contribution in [2.75, 3.05) is 6.61 Å². The van der Waals surface area contributed by atoms with Crippen molar-refractivity contribution in [2.24, 2.45) is 5.73 Å². The minimum Gasteiger partial charge on any atom is -0.394 e. The predicted octanol–water partition coefficient (Wildman–Crippen LogP) is 2.93. The number of imidazole rings is 1. The quantitative estimate of drug-likeness (QED) is 0.836. The van der Waals surface area contributed by atoms with E-state index in [0.29, 0.717) is 25.9 Å². The molecule has 0 saturated heterocycles. The first-order valence-electron chi connectivity index (χ1n) is 5.08. The highest BCUT2D eigenvalue weighted by Crippen LogP contribution is 2.35. The van der Waals surface area contributed by atoms with Crippen LogP contribution in [0.1, 0.15) is 11.7 Å². The minimum absolute atomic E-state index is 0.173. The number of aliphatic hydroxyl groups is 1. The number of benzene rings is 1. The zero-order valence-corrected chi connectivity index (χ0v) is 12.2. The average molecular weight is 351 g/mol. The molecular weight excluding hydrogens is 341 g/mol. The summed E-state index contributed by atoms with van der Waals surface area (Å²) in [6, 6.07) is 3.07. The van der Waals surface area contributed by atoms with E-state index < -0.39 is 6.04 Å². The van der Waals surface area contributed by atoms with E-state index >= 15 is 0 Å². The van der Waals surface area contributed by atoms with E-state index in [9.17, 15) is 0 Å². The highest BCUT2D eigenvalue weighted by Gasteiger charge is 2.16. The van der Waals surface area contributed by atoms with Gasteiger partial charge in [-0.3, -0.25) is 0 Å². The lowest BCUT2D eigenvalue weighted by molar-refractivity contribution is 0.265. The molecule has 0 aliphatic carbocycles. The Kier molecular flexibility index (Phi) is 4.29. The van der Waals surface area contributed by atoms with E-state index in [2.05, 4.69) is 20.9 Å². The van der Waals surface area contributed by atoms with Gasteiger partial charge < -0.3 is 15.4 Å². The number of nitrogens with two attached hydrogens (primary N) is 1. The van der Waals surface area contributed by atoms with Gasteiger partial charge in [-0.25, -0.2) is 4.98 Å². The van der Waals surface area contributed by atoms with E-state index in [0.717, 1.165) is 0 Å². The Morgan fingerprint density at radius 2 is 2.11 bits per heavy atom. The Morgan fingerprint density at radius 3 is 2.78 bits per heavy atom. The molecule has 0 saturated carbocycles. The standard InChI is InChI=1S/C11H10BrCl2N3O/c12-6-1-2-8(11(14)10(6)13)17-5-16-3-9(17)7(15)4-18/h1-3,5,7,18H,4,15H2. The molecule has 2 aromatic rings. The summed E-state index contributed by atoms with van der Waals surface area (Å²) in [7, 11) is 0. The molecule has 0 amide bonds. The van der Waals surface area contributed by atoms with Gasteiger partial charge in [0.25, 0.3) is 0 Å². The topological polar surface area (TPSA) is 64.1 Å². The van der Waals surface area contributed by atoms with E-state index in [4.69, 9.17) is 34.0 Å². The Bertz CT molecular complexity index is 573. The van der Waals surface area contributed by atoms with Gasteiger partial charge in [-0.1, -0.05) is 23.2 Å². The van der Waals surface area contributed by atoms with Crippen LogP contribution < -0.4 is 5.73 Å². The first kappa shape index (κ1) is 13.8. The lowest BCUT2D eigenvalue weighted by atomic mass is 10.2. The summed E-state index contributed by atoms with van der Waals surface area (Å²) in [5, 5.41) is 9.93. The van der Waals surface area contributed by atoms with Gasteiger partial charge in [-0.15, -0.1) is 0 Å². The van der Waals surface area contributed by atoms with Crippen LogP contribution in [-0.2, 0) is 0 Å². The normalized spacial score (nSPS) is 12.7. The van der Waals surface area contributed by atoms with Crippen molar-refractivity contribution < 1.29 is 5.11 Å². The molecule has 1 aromatic heterocycles. The highest BCUT2D eigenvalue weighted by atomic mass is 79.9. The Labute approximate surface area is 122 Å². The summed E-state index contributed by atoms with van der Waals surface area (Å²) in [4.78, 5) is 4.02. The predicted molar refractivity (Wildman–Crippen MR) is 75.3 cm³/mol. The van der Waals surface area contributed by atoms with Crippen LogP contribution in [0.3, 0.4) is 0 Å². The molecule has 18 heavy (non-hydrogen) atoms. The molecule has 96 valence electrons. The number of nitrogens with zero attached hydrogens (tertiary/aromatic N) is 2. The fourth-order valence-electron chi connectivity index (χ4n) is 1.58. The van der Waals surface area contributed by atoms with Crippen LogP contribution in [0.4, 0.5) is 0 Å². The summed E-state index contributed by atoms with van der Waals surface area (Å²) in [5.74, 6) is 0. The molecule has 2 rings (SSSR count). The van der Waals surface area contributed by atoms with Crippen LogP contribution in [0.15, 0.2) is 29.1 Å². The Balaban J connectivity index is 2.56. The first-order chi connectivity index (χ1) is 8.56. The molecular formula is C11H10BrCl2N3O. The van der Waals surface area contributed by atoms with Crippen molar-refractivity contribution in [3.63, 3.8) is 0 Å². The maximum Gasteiger partial charge on any atom is 0.0995 e. The molecule has 0 fully saturated rings. The molecule has 4 nitrogen and oxygen atoms in total. The first-order valence-corrected chi connectivity index (χ1v) is 6.63. The second-order valence-corrected chi connectivity index (χ2v) is 5.28. The maximum absolute atomic E-state index is 9.11. The summed E-state index contributed by atoms with van der Waals surface area (Å²) >= 11 is 15.6. The van der Waals surface area contributed by atoms with Crippen LogP contribution in [0, 0.1) is 0 Å². The lowest BCUT2D eigenvalue weighted by Crippen LogP contribution is -2.18. The zero-order valence-electron chi connectivity index (χ0n) is 9.15. The molecule has 1 atom stereocenters. The molecule has 3 N–H and O–H groups in total. The van der Waals surface area contributed by atoms with Crippen molar-refractivity contribution in [2.45, 2.75) is 6.04 Å². The fourth-order valence-corrected chi connectivity index (χ4v) is 2.44. The van der Waals surface area contributed by atoms with Crippen molar-refractivity contribution in [3.8, 4) is 5.69 Å². The Morgan fingerprint density at radius 1 is 1.39 bits per heavy atom. The van der Waals surface area contributed by atoms with Crippen LogP contribution >= 0.6 is 39.1 Å². The third-order valence-electron chi connectivity index (χ3n) is 2.52. The largest absolute Gasteiger partial charge is 0.394 e. The second kappa shape index (κ2) is 5.59. The number of rotatable bonds is 3. The van der Waals surface area contributed by atoms with Gasteiger partial charge >= 0.3 is 0 Å². The molecule has 1 unspecified atom stereocenters. The summed E-state index contributed by atoms with van der Waals surface area (Å²) in [6.07, 6.45) is 3.17.